The van der Waals surface area contributed by atoms with Gasteiger partial charge in [0.25, 0.3) is 0 Å². The highest BCUT2D eigenvalue weighted by Crippen LogP contribution is 2.30. The monoisotopic (exact) mass is 252 g/mol. The van der Waals surface area contributed by atoms with Gasteiger partial charge in [-0.3, -0.25) is 0 Å². The van der Waals surface area contributed by atoms with E-state index < -0.39 is 0 Å². The number of hydrogen-bond acceptors (Lipinski definition) is 0. The van der Waals surface area contributed by atoms with Crippen molar-refractivity contribution in [1.29, 1.82) is 0 Å². The topological polar surface area (TPSA) is 0 Å². The highest BCUT2D eigenvalue weighted by atomic mass is 79.9. The molecule has 1 unspecified atom stereocenters. The molecule has 0 heterocycles. The normalized spacial score (nSPS) is 12.5. The minimum atomic E-state index is 0.616. The van der Waals surface area contributed by atoms with Gasteiger partial charge >= 0.3 is 0 Å². The number of rotatable bonds is 4. The first-order valence-electron chi connectivity index (χ1n) is 5.06. The van der Waals surface area contributed by atoms with Crippen molar-refractivity contribution in [3.63, 3.8) is 0 Å². The average molecular weight is 253 g/mol. The van der Waals surface area contributed by atoms with E-state index >= 15 is 0 Å². The maximum atomic E-state index is 3.81. The number of allylic oxidation sites excluding steroid dienone is 1. The molecule has 0 N–H and O–H groups in total. The minimum absolute atomic E-state index is 0.616. The van der Waals surface area contributed by atoms with Crippen LogP contribution in [-0.4, -0.2) is 0 Å². The smallest absolute Gasteiger partial charge is 0.0207 e. The standard InChI is InChI=1S/C13H17Br/c1-4-7-11(5-2)12-8-6-9-13(14)10(12)3/h4,6,8-9,11H,1,5,7H2,2-3H3. The van der Waals surface area contributed by atoms with Gasteiger partial charge in [0, 0.05) is 4.47 Å². The molecule has 0 radical (unpaired) electrons. The third-order valence-electron chi connectivity index (χ3n) is 2.69. The molecule has 0 aliphatic rings. The van der Waals surface area contributed by atoms with Crippen LogP contribution in [0.3, 0.4) is 0 Å². The Hall–Kier alpha value is -0.560. The molecule has 0 aliphatic heterocycles. The molecule has 1 aromatic rings. The zero-order valence-corrected chi connectivity index (χ0v) is 10.5. The van der Waals surface area contributed by atoms with E-state index in [1.54, 1.807) is 0 Å². The van der Waals surface area contributed by atoms with E-state index in [1.165, 1.54) is 22.0 Å². The van der Waals surface area contributed by atoms with Gasteiger partial charge in [-0.2, -0.15) is 0 Å². The second kappa shape index (κ2) is 5.35. The highest BCUT2D eigenvalue weighted by molar-refractivity contribution is 9.10. The fraction of sp³-hybridized carbons (Fsp3) is 0.385. The maximum absolute atomic E-state index is 3.81. The van der Waals surface area contributed by atoms with Crippen LogP contribution >= 0.6 is 15.9 Å². The summed E-state index contributed by atoms with van der Waals surface area (Å²) in [6.07, 6.45) is 4.24. The quantitative estimate of drug-likeness (QED) is 0.674. The van der Waals surface area contributed by atoms with Crippen LogP contribution in [0.25, 0.3) is 0 Å². The summed E-state index contributed by atoms with van der Waals surface area (Å²) in [6, 6.07) is 6.43. The first kappa shape index (κ1) is 11.5. The van der Waals surface area contributed by atoms with Crippen LogP contribution < -0.4 is 0 Å². The largest absolute Gasteiger partial charge is 0.103 e. The minimum Gasteiger partial charge on any atom is -0.103 e. The molecular formula is C13H17Br. The summed E-state index contributed by atoms with van der Waals surface area (Å²) in [5.41, 5.74) is 2.81. The van der Waals surface area contributed by atoms with Gasteiger partial charge in [0.2, 0.25) is 0 Å². The fourth-order valence-corrected chi connectivity index (χ4v) is 2.16. The number of benzene rings is 1. The Kier molecular flexibility index (Phi) is 4.40. The van der Waals surface area contributed by atoms with Crippen molar-refractivity contribution in [3.05, 3.63) is 46.5 Å². The molecule has 14 heavy (non-hydrogen) atoms. The molecule has 1 heteroatoms. The molecule has 1 aromatic carbocycles. The van der Waals surface area contributed by atoms with E-state index in [9.17, 15) is 0 Å². The molecule has 0 aromatic heterocycles. The van der Waals surface area contributed by atoms with Crippen molar-refractivity contribution in [3.8, 4) is 0 Å². The Labute approximate surface area is 95.2 Å². The van der Waals surface area contributed by atoms with Gasteiger partial charge in [0.05, 0.1) is 0 Å². The van der Waals surface area contributed by atoms with E-state index in [1.807, 2.05) is 6.08 Å². The summed E-state index contributed by atoms with van der Waals surface area (Å²) in [4.78, 5) is 0. The second-order valence-electron chi connectivity index (χ2n) is 3.58. The summed E-state index contributed by atoms with van der Waals surface area (Å²) in [5, 5.41) is 0. The average Bonchev–Trinajstić information content (AvgIpc) is 2.19. The molecule has 1 rings (SSSR count). The van der Waals surface area contributed by atoms with Crippen molar-refractivity contribution in [2.45, 2.75) is 32.6 Å². The summed E-state index contributed by atoms with van der Waals surface area (Å²) in [7, 11) is 0. The molecular weight excluding hydrogens is 236 g/mol. The lowest BCUT2D eigenvalue weighted by molar-refractivity contribution is 0.670. The zero-order valence-electron chi connectivity index (χ0n) is 8.89. The SMILES string of the molecule is C=CCC(CC)c1cccc(Br)c1C. The summed E-state index contributed by atoms with van der Waals surface area (Å²) in [6.45, 7) is 8.22. The third kappa shape index (κ3) is 2.48. The Balaban J connectivity index is 3.03. The van der Waals surface area contributed by atoms with Crippen molar-refractivity contribution >= 4 is 15.9 Å². The van der Waals surface area contributed by atoms with Gasteiger partial charge in [-0.25, -0.2) is 0 Å². The lowest BCUT2D eigenvalue weighted by atomic mass is 9.90. The predicted molar refractivity (Wildman–Crippen MR) is 66.7 cm³/mol. The molecule has 0 fully saturated rings. The van der Waals surface area contributed by atoms with E-state index in [0.717, 1.165) is 6.42 Å². The van der Waals surface area contributed by atoms with Crippen LogP contribution in [0, 0.1) is 6.92 Å². The van der Waals surface area contributed by atoms with Gasteiger partial charge in [-0.15, -0.1) is 6.58 Å². The van der Waals surface area contributed by atoms with E-state index in [-0.39, 0.29) is 0 Å². The molecule has 0 spiro atoms. The van der Waals surface area contributed by atoms with Crippen molar-refractivity contribution in [2.24, 2.45) is 0 Å². The summed E-state index contributed by atoms with van der Waals surface area (Å²) < 4.78 is 1.21. The van der Waals surface area contributed by atoms with Crippen LogP contribution in [0.1, 0.15) is 36.8 Å². The molecule has 1 atom stereocenters. The molecule has 0 saturated heterocycles. The lowest BCUT2D eigenvalue weighted by Crippen LogP contribution is -1.99. The van der Waals surface area contributed by atoms with Gasteiger partial charge in [-0.1, -0.05) is 41.1 Å². The fourth-order valence-electron chi connectivity index (χ4n) is 1.78. The van der Waals surface area contributed by atoms with Gasteiger partial charge in [0.15, 0.2) is 0 Å². The predicted octanol–water partition coefficient (Wildman–Crippen LogP) is 4.83. The first-order chi connectivity index (χ1) is 6.70. The van der Waals surface area contributed by atoms with Crippen molar-refractivity contribution < 1.29 is 0 Å². The molecule has 0 bridgehead atoms. The van der Waals surface area contributed by atoms with Crippen molar-refractivity contribution in [2.75, 3.05) is 0 Å². The Morgan fingerprint density at radius 2 is 2.21 bits per heavy atom. The van der Waals surface area contributed by atoms with Crippen LogP contribution in [0.2, 0.25) is 0 Å². The number of hydrogen-bond donors (Lipinski definition) is 0. The summed E-state index contributed by atoms with van der Waals surface area (Å²) in [5.74, 6) is 0.616. The highest BCUT2D eigenvalue weighted by Gasteiger charge is 2.11. The zero-order chi connectivity index (χ0) is 10.6. The van der Waals surface area contributed by atoms with Crippen LogP contribution in [0.15, 0.2) is 35.3 Å². The molecule has 0 nitrogen and oxygen atoms in total. The van der Waals surface area contributed by atoms with E-state index in [0.29, 0.717) is 5.92 Å². The Bertz CT molecular complexity index is 315. The lowest BCUT2D eigenvalue weighted by Gasteiger charge is -2.16. The van der Waals surface area contributed by atoms with Crippen molar-refractivity contribution in [1.82, 2.24) is 0 Å². The Morgan fingerprint density at radius 3 is 2.79 bits per heavy atom. The maximum Gasteiger partial charge on any atom is 0.0207 e. The van der Waals surface area contributed by atoms with Gasteiger partial charge < -0.3 is 0 Å². The van der Waals surface area contributed by atoms with E-state index in [4.69, 9.17) is 0 Å². The third-order valence-corrected chi connectivity index (χ3v) is 3.55. The molecule has 76 valence electrons. The van der Waals surface area contributed by atoms with Crippen LogP contribution in [-0.2, 0) is 0 Å². The second-order valence-corrected chi connectivity index (χ2v) is 4.44. The summed E-state index contributed by atoms with van der Waals surface area (Å²) >= 11 is 3.57. The number of halogens is 1. The molecule has 0 saturated carbocycles. The van der Waals surface area contributed by atoms with Crippen LogP contribution in [0.5, 0.6) is 0 Å². The molecule has 0 aliphatic carbocycles. The Morgan fingerprint density at radius 1 is 1.50 bits per heavy atom. The van der Waals surface area contributed by atoms with Gasteiger partial charge in [0.1, 0.15) is 0 Å². The van der Waals surface area contributed by atoms with E-state index in [2.05, 4.69) is 54.6 Å². The van der Waals surface area contributed by atoms with Gasteiger partial charge in [-0.05, 0) is 42.9 Å². The molecule has 0 amide bonds. The van der Waals surface area contributed by atoms with Crippen LogP contribution in [0.4, 0.5) is 0 Å². The first-order valence-corrected chi connectivity index (χ1v) is 5.85.